The van der Waals surface area contributed by atoms with Crippen LogP contribution in [-0.2, 0) is 18.3 Å². The van der Waals surface area contributed by atoms with Crippen molar-refractivity contribution >= 4 is 22.8 Å². The third-order valence-corrected chi connectivity index (χ3v) is 5.24. The van der Waals surface area contributed by atoms with Crippen molar-refractivity contribution in [1.29, 1.82) is 0 Å². The summed E-state index contributed by atoms with van der Waals surface area (Å²) in [6.45, 7) is 9.14. The van der Waals surface area contributed by atoms with Crippen molar-refractivity contribution in [3.05, 3.63) is 47.0 Å². The fourth-order valence-electron chi connectivity index (χ4n) is 3.53. The molecule has 0 spiro atoms. The molecule has 0 unspecified atom stereocenters. The Morgan fingerprint density at radius 3 is 2.51 bits per heavy atom. The molecule has 1 aliphatic rings. The first-order valence-electron chi connectivity index (χ1n) is 11.8. The summed E-state index contributed by atoms with van der Waals surface area (Å²) < 4.78 is 47.8. The number of morpholine rings is 1. The van der Waals surface area contributed by atoms with Gasteiger partial charge in [-0.1, -0.05) is 38.5 Å². The molecule has 0 aliphatic carbocycles. The van der Waals surface area contributed by atoms with E-state index in [-0.39, 0.29) is 12.1 Å². The molecule has 1 aromatic carbocycles. The molecule has 0 amide bonds. The summed E-state index contributed by atoms with van der Waals surface area (Å²) in [6, 6.07) is 3.96. The Morgan fingerprint density at radius 2 is 1.86 bits per heavy atom. The first-order valence-corrected chi connectivity index (χ1v) is 11.8. The fraction of sp³-hybridized carbons (Fsp3) is 0.500. The van der Waals surface area contributed by atoms with Crippen LogP contribution in [-0.4, -0.2) is 52.4 Å². The minimum atomic E-state index is -2.89. The maximum atomic E-state index is 14.5. The number of rotatable bonds is 6. The van der Waals surface area contributed by atoms with E-state index in [1.165, 1.54) is 18.6 Å². The molecule has 1 saturated heterocycles. The fourth-order valence-corrected chi connectivity index (χ4v) is 3.53. The first-order chi connectivity index (χ1) is 16.9. The van der Waals surface area contributed by atoms with Crippen molar-refractivity contribution in [2.45, 2.75) is 40.2 Å². The molecule has 0 radical (unpaired) electrons. The van der Waals surface area contributed by atoms with Gasteiger partial charge in [-0.15, -0.1) is 0 Å². The van der Waals surface area contributed by atoms with Gasteiger partial charge < -0.3 is 19.5 Å². The standard InChI is InChI=1S/C21H24F3N7O.C3H8/c1-3-25-20-29-19(26-11-13-5-4-6-14(16(13)22)18(23)24)17-15(30(20)2)12-27-21(28-17)31-7-9-32-10-8-31;1-3-2/h4-6,12,18H,3,7-11H2,1-2H3,(H,25,26,29);3H2,1-2H3. The van der Waals surface area contributed by atoms with Gasteiger partial charge >= 0.3 is 0 Å². The number of nitrogens with one attached hydrogen (secondary N) is 1. The van der Waals surface area contributed by atoms with Crippen LogP contribution >= 0.6 is 0 Å². The third kappa shape index (κ3) is 6.27. The molecule has 3 aromatic rings. The zero-order valence-electron chi connectivity index (χ0n) is 20.6. The normalized spacial score (nSPS) is 14.3. The summed E-state index contributed by atoms with van der Waals surface area (Å²) in [4.78, 5) is 20.2. The maximum Gasteiger partial charge on any atom is 0.266 e. The van der Waals surface area contributed by atoms with Crippen LogP contribution in [0, 0.1) is 5.82 Å². The molecule has 1 fully saturated rings. The zero-order valence-corrected chi connectivity index (χ0v) is 20.6. The van der Waals surface area contributed by atoms with Crippen LogP contribution < -0.4 is 15.8 Å². The van der Waals surface area contributed by atoms with Crippen molar-refractivity contribution in [2.24, 2.45) is 12.0 Å². The van der Waals surface area contributed by atoms with Crippen LogP contribution in [0.2, 0.25) is 0 Å². The molecule has 35 heavy (non-hydrogen) atoms. The van der Waals surface area contributed by atoms with E-state index in [4.69, 9.17) is 9.72 Å². The molecule has 190 valence electrons. The van der Waals surface area contributed by atoms with Crippen molar-refractivity contribution in [2.75, 3.05) is 43.1 Å². The molecule has 0 atom stereocenters. The number of halogens is 3. The number of fused-ring (bicyclic) bond motifs is 1. The number of hydrogen-bond acceptors (Lipinski definition) is 7. The second-order valence-electron chi connectivity index (χ2n) is 7.98. The highest BCUT2D eigenvalue weighted by atomic mass is 19.3. The van der Waals surface area contributed by atoms with Crippen molar-refractivity contribution in [3.63, 3.8) is 0 Å². The average Bonchev–Trinajstić information content (AvgIpc) is 2.86. The SMILES string of the molecule is CCC.CCN=c1nc(NCc2cccc(C(F)F)c2F)c2nc(N3CCOCC3)ncc2n1C. The van der Waals surface area contributed by atoms with E-state index >= 15 is 0 Å². The summed E-state index contributed by atoms with van der Waals surface area (Å²) in [7, 11) is 1.82. The molecule has 1 aliphatic heterocycles. The van der Waals surface area contributed by atoms with Crippen LogP contribution in [0.15, 0.2) is 29.4 Å². The van der Waals surface area contributed by atoms with Crippen molar-refractivity contribution in [3.8, 4) is 0 Å². The number of hydrogen-bond donors (Lipinski definition) is 1. The van der Waals surface area contributed by atoms with E-state index in [9.17, 15) is 13.2 Å². The Morgan fingerprint density at radius 1 is 1.14 bits per heavy atom. The van der Waals surface area contributed by atoms with Gasteiger partial charge in [0.05, 0.1) is 30.5 Å². The topological polar surface area (TPSA) is 80.5 Å². The zero-order chi connectivity index (χ0) is 25.4. The predicted octanol–water partition coefficient (Wildman–Crippen LogP) is 4.23. The minimum absolute atomic E-state index is 0.0370. The van der Waals surface area contributed by atoms with Crippen LogP contribution in [0.25, 0.3) is 11.0 Å². The largest absolute Gasteiger partial charge is 0.378 e. The highest BCUT2D eigenvalue weighted by Crippen LogP contribution is 2.25. The number of aryl methyl sites for hydroxylation is 1. The molecule has 4 rings (SSSR count). The molecule has 0 saturated carbocycles. The molecule has 1 N–H and O–H groups in total. The lowest BCUT2D eigenvalue weighted by Gasteiger charge is -2.27. The quantitative estimate of drug-likeness (QED) is 0.556. The van der Waals surface area contributed by atoms with E-state index in [0.717, 1.165) is 6.07 Å². The summed E-state index contributed by atoms with van der Waals surface area (Å²) in [5, 5.41) is 3.06. The number of anilines is 2. The molecule has 8 nitrogen and oxygen atoms in total. The van der Waals surface area contributed by atoms with E-state index in [1.54, 1.807) is 10.8 Å². The number of ether oxygens (including phenoxy) is 1. The first kappa shape index (κ1) is 26.4. The van der Waals surface area contributed by atoms with Crippen LogP contribution in [0.4, 0.5) is 24.9 Å². The summed E-state index contributed by atoms with van der Waals surface area (Å²) in [6.07, 6.45) is 0.0654. The lowest BCUT2D eigenvalue weighted by Crippen LogP contribution is -2.37. The Kier molecular flexibility index (Phi) is 9.41. The molecule has 2 aromatic heterocycles. The second-order valence-corrected chi connectivity index (χ2v) is 7.98. The van der Waals surface area contributed by atoms with Gasteiger partial charge in [-0.3, -0.25) is 4.99 Å². The number of aromatic nitrogens is 4. The highest BCUT2D eigenvalue weighted by molar-refractivity contribution is 5.85. The van der Waals surface area contributed by atoms with Crippen LogP contribution in [0.1, 0.15) is 44.7 Å². The van der Waals surface area contributed by atoms with Gasteiger partial charge in [0, 0.05) is 38.8 Å². The number of nitrogens with zero attached hydrogens (tertiary/aromatic N) is 6. The van der Waals surface area contributed by atoms with Gasteiger partial charge in [0.2, 0.25) is 11.6 Å². The lowest BCUT2D eigenvalue weighted by atomic mass is 10.1. The third-order valence-electron chi connectivity index (χ3n) is 5.24. The second kappa shape index (κ2) is 12.5. The van der Waals surface area contributed by atoms with Crippen molar-refractivity contribution < 1.29 is 17.9 Å². The average molecular weight is 492 g/mol. The van der Waals surface area contributed by atoms with Crippen LogP contribution in [0.3, 0.4) is 0 Å². The van der Waals surface area contributed by atoms with Gasteiger partial charge in [0.25, 0.3) is 6.43 Å². The monoisotopic (exact) mass is 491 g/mol. The van der Waals surface area contributed by atoms with Gasteiger partial charge in [-0.25, -0.2) is 23.1 Å². The predicted molar refractivity (Wildman–Crippen MR) is 130 cm³/mol. The number of benzene rings is 1. The molecule has 11 heteroatoms. The number of alkyl halides is 2. The minimum Gasteiger partial charge on any atom is -0.378 e. The van der Waals surface area contributed by atoms with E-state index in [1.807, 2.05) is 18.9 Å². The molecular formula is C24H32F3N7O. The van der Waals surface area contributed by atoms with E-state index in [2.05, 4.69) is 34.1 Å². The molecule has 3 heterocycles. The Labute approximate surface area is 202 Å². The van der Waals surface area contributed by atoms with Gasteiger partial charge in [0.15, 0.2) is 5.82 Å². The van der Waals surface area contributed by atoms with Gasteiger partial charge in [-0.05, 0) is 6.92 Å². The van der Waals surface area contributed by atoms with E-state index in [0.29, 0.717) is 61.3 Å². The maximum absolute atomic E-state index is 14.5. The van der Waals surface area contributed by atoms with Crippen molar-refractivity contribution in [1.82, 2.24) is 19.5 Å². The summed E-state index contributed by atoms with van der Waals surface area (Å²) in [5.74, 6) is -0.0105. The van der Waals surface area contributed by atoms with Gasteiger partial charge in [-0.2, -0.15) is 4.98 Å². The Balaban J connectivity index is 0.00000108. The Hall–Kier alpha value is -3.21. The highest BCUT2D eigenvalue weighted by Gasteiger charge is 2.19. The van der Waals surface area contributed by atoms with Crippen LogP contribution in [0.5, 0.6) is 0 Å². The molecule has 0 bridgehead atoms. The smallest absolute Gasteiger partial charge is 0.266 e. The summed E-state index contributed by atoms with van der Waals surface area (Å²) in [5.41, 5.74) is 1.16. The van der Waals surface area contributed by atoms with Gasteiger partial charge in [0.1, 0.15) is 11.3 Å². The summed E-state index contributed by atoms with van der Waals surface area (Å²) >= 11 is 0. The lowest BCUT2D eigenvalue weighted by molar-refractivity contribution is 0.122. The Bertz CT molecular complexity index is 1190. The van der Waals surface area contributed by atoms with E-state index < -0.39 is 17.8 Å². The molecular weight excluding hydrogens is 459 g/mol.